The molecule has 3 heteroatoms. The molecule has 8 atom stereocenters. The van der Waals surface area contributed by atoms with E-state index in [0.29, 0.717) is 35.8 Å². The number of allylic oxidation sites excluding steroid dienone is 5. The van der Waals surface area contributed by atoms with Gasteiger partial charge in [0.05, 0.1) is 5.92 Å². The lowest BCUT2D eigenvalue weighted by molar-refractivity contribution is -0.146. The first-order valence-corrected chi connectivity index (χ1v) is 19.9. The summed E-state index contributed by atoms with van der Waals surface area (Å²) in [5, 5.41) is 23.9. The van der Waals surface area contributed by atoms with E-state index in [1.54, 1.807) is 0 Å². The van der Waals surface area contributed by atoms with Crippen molar-refractivity contribution in [2.45, 2.75) is 94.8 Å². The highest BCUT2D eigenvalue weighted by Crippen LogP contribution is 2.58. The number of carboxylic acids is 1. The number of phenolic OH excluding ortho intramolecular Hbond substituents is 1. The van der Waals surface area contributed by atoms with Gasteiger partial charge >= 0.3 is 5.97 Å². The van der Waals surface area contributed by atoms with Gasteiger partial charge in [-0.25, -0.2) is 0 Å². The summed E-state index contributed by atoms with van der Waals surface area (Å²) in [5.74, 6) is 1.57. The minimum Gasteiger partial charge on any atom is -0.508 e. The number of aromatic hydroxyl groups is 1. The zero-order valence-electron chi connectivity index (χ0n) is 30.0. The first-order valence-electron chi connectivity index (χ1n) is 19.9. The molecule has 3 aromatic rings. The summed E-state index contributed by atoms with van der Waals surface area (Å²) in [6.07, 6.45) is 33.2. The molecule has 3 aromatic carbocycles. The number of carboxylic acid groups (broad SMARTS) is 1. The minimum atomic E-state index is -0.668. The molecule has 1 saturated carbocycles. The number of hydrogen-bond acceptors (Lipinski definition) is 2. The summed E-state index contributed by atoms with van der Waals surface area (Å²) in [7, 11) is 0. The average Bonchev–Trinajstić information content (AvgIpc) is 3.66. The van der Waals surface area contributed by atoms with Gasteiger partial charge in [0.15, 0.2) is 0 Å². The molecule has 5 aliphatic rings. The van der Waals surface area contributed by atoms with Crippen LogP contribution in [0.1, 0.15) is 105 Å². The van der Waals surface area contributed by atoms with Gasteiger partial charge in [0.1, 0.15) is 5.75 Å². The summed E-state index contributed by atoms with van der Waals surface area (Å²) in [5.41, 5.74) is 4.55. The number of phenols is 1. The SMILES string of the molecule is O=C(O)[C@@H]1C/C=C\C[C@@H](CCCCCC[C@@H]2C=CCC2)[C@H](c2ccc(O)cc2)Cc2ccc3c(c2)[C@@]12C[C@@H]1C=c4ccccc4=C[C@@H]1C[C@@H]2C=C3. The molecule has 0 amide bonds. The van der Waals surface area contributed by atoms with Crippen LogP contribution < -0.4 is 10.4 Å². The molecule has 3 nitrogen and oxygen atoms in total. The molecular weight excluding hydrogens is 625 g/mol. The predicted octanol–water partition coefficient (Wildman–Crippen LogP) is 9.87. The normalized spacial score (nSPS) is 31.1. The molecule has 0 unspecified atom stereocenters. The molecule has 0 saturated heterocycles. The summed E-state index contributed by atoms with van der Waals surface area (Å²) < 4.78 is 0. The van der Waals surface area contributed by atoms with E-state index in [1.807, 2.05) is 12.1 Å². The third kappa shape index (κ3) is 6.94. The second kappa shape index (κ2) is 14.9. The molecule has 1 spiro atoms. The molecule has 0 heterocycles. The molecule has 8 rings (SSSR count). The molecule has 2 N–H and O–H groups in total. The fraction of sp³-hybridized carbons (Fsp3) is 0.438. The fourth-order valence-electron chi connectivity index (χ4n) is 10.8. The highest BCUT2D eigenvalue weighted by Gasteiger charge is 2.55. The van der Waals surface area contributed by atoms with Gasteiger partial charge in [0.25, 0.3) is 0 Å². The number of hydrogen-bond donors (Lipinski definition) is 2. The zero-order valence-corrected chi connectivity index (χ0v) is 30.0. The largest absolute Gasteiger partial charge is 0.508 e. The van der Waals surface area contributed by atoms with Crippen molar-refractivity contribution in [3.05, 3.63) is 130 Å². The maximum Gasteiger partial charge on any atom is 0.307 e. The Morgan fingerprint density at radius 2 is 1.57 bits per heavy atom. The van der Waals surface area contributed by atoms with E-state index in [4.69, 9.17) is 0 Å². The zero-order chi connectivity index (χ0) is 34.8. The number of rotatable bonds is 9. The average molecular weight is 679 g/mol. The van der Waals surface area contributed by atoms with Crippen molar-refractivity contribution in [3.8, 4) is 5.75 Å². The Kier molecular flexibility index (Phi) is 9.91. The molecule has 0 aliphatic heterocycles. The standard InChI is InChI=1S/C48H54O3/c49-43-25-22-36(23-26-43)44-27-34-19-20-37-21-24-42-31-40-29-38-16-7-8-17-39(38)30-41(40)32-48(42,46(37)28-34)45(47(50)51)18-10-9-15-35(44)14-4-2-1-3-11-33-12-5-6-13-33/h5,7-10,12,16-17,19-26,28-30,33,35,40-42,44-45,49H,1-4,6,11,13-15,18,27,31-32H2,(H,50,51)/b10-9-/t33-,35-,40-,41+,42+,44-,45+,48-/m1/s1. The molecular formula is C48H54O3. The number of benzene rings is 3. The monoisotopic (exact) mass is 678 g/mol. The van der Waals surface area contributed by atoms with Crippen LogP contribution in [0.2, 0.25) is 0 Å². The number of unbranched alkanes of at least 4 members (excludes halogenated alkanes) is 3. The van der Waals surface area contributed by atoms with E-state index in [9.17, 15) is 15.0 Å². The van der Waals surface area contributed by atoms with Gasteiger partial charge in [0, 0.05) is 5.41 Å². The van der Waals surface area contributed by atoms with Crippen molar-refractivity contribution < 1.29 is 15.0 Å². The van der Waals surface area contributed by atoms with Crippen molar-refractivity contribution in [3.63, 3.8) is 0 Å². The second-order valence-electron chi connectivity index (χ2n) is 16.4. The van der Waals surface area contributed by atoms with Crippen LogP contribution in [0.3, 0.4) is 0 Å². The van der Waals surface area contributed by atoms with Crippen molar-refractivity contribution in [2.24, 2.45) is 35.5 Å². The van der Waals surface area contributed by atoms with Crippen LogP contribution >= 0.6 is 0 Å². The van der Waals surface area contributed by atoms with E-state index in [0.717, 1.165) is 38.0 Å². The lowest BCUT2D eigenvalue weighted by Crippen LogP contribution is -2.53. The van der Waals surface area contributed by atoms with E-state index < -0.39 is 17.3 Å². The van der Waals surface area contributed by atoms with Gasteiger partial charge in [-0.05, 0) is 138 Å². The summed E-state index contributed by atoms with van der Waals surface area (Å²) in [4.78, 5) is 13.5. The van der Waals surface area contributed by atoms with Gasteiger partial charge in [-0.1, -0.05) is 129 Å². The molecule has 1 fully saturated rings. The van der Waals surface area contributed by atoms with Crippen molar-refractivity contribution in [2.75, 3.05) is 0 Å². The van der Waals surface area contributed by atoms with Crippen molar-refractivity contribution in [1.29, 1.82) is 0 Å². The van der Waals surface area contributed by atoms with E-state index in [2.05, 4.69) is 103 Å². The van der Waals surface area contributed by atoms with Gasteiger partial charge < -0.3 is 10.2 Å². The maximum absolute atomic E-state index is 13.5. The quantitative estimate of drug-likeness (QED) is 0.175. The fourth-order valence-corrected chi connectivity index (χ4v) is 10.8. The van der Waals surface area contributed by atoms with Crippen LogP contribution in [0.25, 0.3) is 18.2 Å². The lowest BCUT2D eigenvalue weighted by atomic mass is 9.49. The highest BCUT2D eigenvalue weighted by molar-refractivity contribution is 5.76. The Morgan fingerprint density at radius 1 is 0.804 bits per heavy atom. The Bertz CT molecular complexity index is 1930. The second-order valence-corrected chi connectivity index (χ2v) is 16.4. The van der Waals surface area contributed by atoms with Crippen LogP contribution in [0.15, 0.2) is 97.1 Å². The van der Waals surface area contributed by atoms with Crippen molar-refractivity contribution in [1.82, 2.24) is 0 Å². The molecule has 264 valence electrons. The van der Waals surface area contributed by atoms with E-state index in [1.165, 1.54) is 77.6 Å². The Labute approximate surface area is 304 Å². The number of carbonyl (C=O) groups is 1. The molecule has 51 heavy (non-hydrogen) atoms. The molecule has 0 radical (unpaired) electrons. The number of fused-ring (bicyclic) bond motifs is 3. The van der Waals surface area contributed by atoms with Gasteiger partial charge in [0.2, 0.25) is 0 Å². The Morgan fingerprint density at radius 3 is 2.33 bits per heavy atom. The smallest absolute Gasteiger partial charge is 0.307 e. The topological polar surface area (TPSA) is 57.5 Å². The van der Waals surface area contributed by atoms with Crippen LogP contribution in [-0.4, -0.2) is 16.2 Å². The Hall–Kier alpha value is -4.11. The third-order valence-corrected chi connectivity index (χ3v) is 13.5. The predicted molar refractivity (Wildman–Crippen MR) is 209 cm³/mol. The summed E-state index contributed by atoms with van der Waals surface area (Å²) >= 11 is 0. The molecule has 2 bridgehead atoms. The van der Waals surface area contributed by atoms with Crippen molar-refractivity contribution >= 4 is 24.2 Å². The first-order chi connectivity index (χ1) is 25.0. The van der Waals surface area contributed by atoms with E-state index in [-0.39, 0.29) is 5.92 Å². The third-order valence-electron chi connectivity index (χ3n) is 13.5. The van der Waals surface area contributed by atoms with Crippen LogP contribution in [0.5, 0.6) is 5.75 Å². The highest BCUT2D eigenvalue weighted by atomic mass is 16.4. The summed E-state index contributed by atoms with van der Waals surface area (Å²) in [6, 6.07) is 23.6. The minimum absolute atomic E-state index is 0.166. The van der Waals surface area contributed by atoms with Gasteiger partial charge in [-0.3, -0.25) is 4.79 Å². The number of aliphatic carboxylic acids is 1. The lowest BCUT2D eigenvalue weighted by Gasteiger charge is -2.54. The summed E-state index contributed by atoms with van der Waals surface area (Å²) in [6.45, 7) is 0. The Balaban J connectivity index is 1.13. The van der Waals surface area contributed by atoms with Crippen LogP contribution in [0.4, 0.5) is 0 Å². The van der Waals surface area contributed by atoms with Crippen LogP contribution in [0, 0.1) is 35.5 Å². The van der Waals surface area contributed by atoms with E-state index >= 15 is 0 Å². The molecule has 0 aromatic heterocycles. The van der Waals surface area contributed by atoms with Gasteiger partial charge in [-0.15, -0.1) is 0 Å². The maximum atomic E-state index is 13.5. The van der Waals surface area contributed by atoms with Crippen LogP contribution in [-0.2, 0) is 16.6 Å². The molecule has 5 aliphatic carbocycles. The van der Waals surface area contributed by atoms with Gasteiger partial charge in [-0.2, -0.15) is 0 Å². The first kappa shape index (κ1) is 34.0.